The zero-order chi connectivity index (χ0) is 26.5. The Morgan fingerprint density at radius 2 is 1.86 bits per heavy atom. The number of benzene rings is 2. The Bertz CT molecular complexity index is 1230. The zero-order valence-electron chi connectivity index (χ0n) is 22.4. The van der Waals surface area contributed by atoms with Gasteiger partial charge in [-0.05, 0) is 62.1 Å². The molecule has 37 heavy (non-hydrogen) atoms. The molecule has 1 amide bonds. The van der Waals surface area contributed by atoms with Gasteiger partial charge in [0.15, 0.2) is 11.5 Å². The Hall–Kier alpha value is -3.52. The number of carbonyl (C=O) groups is 1. The van der Waals surface area contributed by atoms with E-state index in [0.717, 1.165) is 41.5 Å². The van der Waals surface area contributed by atoms with Gasteiger partial charge in [0.25, 0.3) is 5.91 Å². The minimum Gasteiger partial charge on any atom is -0.507 e. The molecular weight excluding hydrogens is 470 g/mol. The number of H-pyrrole nitrogens is 1. The van der Waals surface area contributed by atoms with E-state index in [2.05, 4.69) is 17.1 Å². The van der Waals surface area contributed by atoms with E-state index in [4.69, 9.17) is 14.2 Å². The predicted octanol–water partition coefficient (Wildman–Crippen LogP) is 5.56. The molecule has 0 radical (unpaired) electrons. The molecule has 1 unspecified atom stereocenters. The molecule has 1 atom stereocenters. The third kappa shape index (κ3) is 5.30. The number of phenolic OH excluding ortho intramolecular Hbond substituents is 1. The fourth-order valence-electron chi connectivity index (χ4n) is 5.02. The van der Waals surface area contributed by atoms with Crippen molar-refractivity contribution in [2.45, 2.75) is 53.0 Å². The number of fused-ring (bicyclic) bond motifs is 1. The van der Waals surface area contributed by atoms with Crippen LogP contribution in [0.3, 0.4) is 0 Å². The highest BCUT2D eigenvalue weighted by Crippen LogP contribution is 2.46. The van der Waals surface area contributed by atoms with E-state index in [1.165, 1.54) is 0 Å². The highest BCUT2D eigenvalue weighted by Gasteiger charge is 2.42. The Kier molecular flexibility index (Phi) is 8.38. The molecule has 4 rings (SSSR count). The highest BCUT2D eigenvalue weighted by molar-refractivity contribution is 6.00. The third-order valence-electron chi connectivity index (χ3n) is 6.68. The number of aryl methyl sites for hydroxylation is 2. The maximum Gasteiger partial charge on any atom is 0.273 e. The molecule has 0 fully saturated rings. The van der Waals surface area contributed by atoms with Crippen LogP contribution in [0.2, 0.25) is 0 Å². The number of rotatable bonds is 12. The van der Waals surface area contributed by atoms with Gasteiger partial charge in [-0.25, -0.2) is 0 Å². The number of carbonyl (C=O) groups excluding carboxylic acids is 1. The van der Waals surface area contributed by atoms with Gasteiger partial charge < -0.3 is 24.2 Å². The summed E-state index contributed by atoms with van der Waals surface area (Å²) >= 11 is 0. The molecule has 2 aromatic carbocycles. The van der Waals surface area contributed by atoms with Crippen LogP contribution in [0, 0.1) is 13.8 Å². The van der Waals surface area contributed by atoms with Gasteiger partial charge in [0.05, 0.1) is 25.9 Å². The number of methoxy groups -OCH3 is 1. The van der Waals surface area contributed by atoms with Gasteiger partial charge >= 0.3 is 0 Å². The van der Waals surface area contributed by atoms with Crippen molar-refractivity contribution in [3.8, 4) is 28.5 Å². The largest absolute Gasteiger partial charge is 0.507 e. The van der Waals surface area contributed by atoms with Crippen LogP contribution in [0.1, 0.15) is 71.9 Å². The van der Waals surface area contributed by atoms with Crippen molar-refractivity contribution in [1.29, 1.82) is 0 Å². The molecule has 0 saturated carbocycles. The molecule has 1 aliphatic rings. The van der Waals surface area contributed by atoms with E-state index in [9.17, 15) is 9.90 Å². The molecule has 2 N–H and O–H groups in total. The van der Waals surface area contributed by atoms with Gasteiger partial charge in [-0.3, -0.25) is 9.89 Å². The SMILES string of the molecule is CCCCCOc1ccc(C2c3c(-c4c(C)cc(C)cc4O)n[nH]c3C(=O)N2CCOC)cc1OCC. The summed E-state index contributed by atoms with van der Waals surface area (Å²) in [5.74, 6) is 1.31. The van der Waals surface area contributed by atoms with Gasteiger partial charge in [0.2, 0.25) is 0 Å². The number of phenols is 1. The Morgan fingerprint density at radius 1 is 1.05 bits per heavy atom. The monoisotopic (exact) mass is 507 g/mol. The lowest BCUT2D eigenvalue weighted by molar-refractivity contribution is 0.0677. The average Bonchev–Trinajstić information content (AvgIpc) is 3.39. The summed E-state index contributed by atoms with van der Waals surface area (Å²) in [6.45, 7) is 9.88. The predicted molar refractivity (Wildman–Crippen MR) is 143 cm³/mol. The summed E-state index contributed by atoms with van der Waals surface area (Å²) in [5.41, 5.74) is 5.07. The first-order valence-electron chi connectivity index (χ1n) is 13.0. The van der Waals surface area contributed by atoms with E-state index < -0.39 is 6.04 Å². The molecule has 0 saturated heterocycles. The molecular formula is C29H37N3O5. The van der Waals surface area contributed by atoms with Crippen molar-refractivity contribution in [2.24, 2.45) is 0 Å². The third-order valence-corrected chi connectivity index (χ3v) is 6.68. The maximum atomic E-state index is 13.5. The Morgan fingerprint density at radius 3 is 2.57 bits per heavy atom. The van der Waals surface area contributed by atoms with Crippen LogP contribution in [-0.4, -0.2) is 59.6 Å². The summed E-state index contributed by atoms with van der Waals surface area (Å²) in [6, 6.07) is 9.13. The standard InChI is InChI=1S/C29H37N3O5/c1-6-8-9-13-37-22-11-10-20(17-23(22)36-7-2)28-25-26(24-19(4)15-18(3)16-21(24)33)30-31-27(25)29(34)32(28)12-14-35-5/h10-11,15-17,28,33H,6-9,12-14H2,1-5H3,(H,30,31). The van der Waals surface area contributed by atoms with Crippen LogP contribution in [0.5, 0.6) is 17.2 Å². The molecule has 8 nitrogen and oxygen atoms in total. The summed E-state index contributed by atoms with van der Waals surface area (Å²) in [4.78, 5) is 15.3. The molecule has 1 aromatic heterocycles. The number of ether oxygens (including phenoxy) is 3. The van der Waals surface area contributed by atoms with Crippen LogP contribution in [0.15, 0.2) is 30.3 Å². The first-order valence-corrected chi connectivity index (χ1v) is 13.0. The average molecular weight is 508 g/mol. The number of hydrogen-bond donors (Lipinski definition) is 2. The molecule has 0 bridgehead atoms. The molecule has 198 valence electrons. The number of unbranched alkanes of at least 4 members (excludes halogenated alkanes) is 2. The molecule has 1 aliphatic heterocycles. The van der Waals surface area contributed by atoms with Gasteiger partial charge in [-0.1, -0.05) is 31.9 Å². The lowest BCUT2D eigenvalue weighted by atomic mass is 9.93. The quantitative estimate of drug-likeness (QED) is 0.312. The van der Waals surface area contributed by atoms with E-state index >= 15 is 0 Å². The van der Waals surface area contributed by atoms with E-state index in [1.807, 2.05) is 45.0 Å². The number of nitrogens with zero attached hydrogens (tertiary/aromatic N) is 2. The lowest BCUT2D eigenvalue weighted by Crippen LogP contribution is -2.32. The number of aromatic hydroxyl groups is 1. The van der Waals surface area contributed by atoms with Crippen LogP contribution >= 0.6 is 0 Å². The van der Waals surface area contributed by atoms with Gasteiger partial charge in [-0.15, -0.1) is 0 Å². The fourth-order valence-corrected chi connectivity index (χ4v) is 5.02. The van der Waals surface area contributed by atoms with E-state index in [-0.39, 0.29) is 11.7 Å². The number of hydrogen-bond acceptors (Lipinski definition) is 6. The Balaban J connectivity index is 1.81. The van der Waals surface area contributed by atoms with Crippen LogP contribution in [-0.2, 0) is 4.74 Å². The summed E-state index contributed by atoms with van der Waals surface area (Å²) < 4.78 is 17.3. The minimum atomic E-state index is -0.431. The number of nitrogens with one attached hydrogen (secondary N) is 1. The van der Waals surface area contributed by atoms with Crippen molar-refractivity contribution in [2.75, 3.05) is 33.5 Å². The minimum absolute atomic E-state index is 0.138. The van der Waals surface area contributed by atoms with Crippen LogP contribution in [0.25, 0.3) is 11.3 Å². The first-order chi connectivity index (χ1) is 17.9. The van der Waals surface area contributed by atoms with Crippen molar-refractivity contribution in [3.63, 3.8) is 0 Å². The van der Waals surface area contributed by atoms with Crippen LogP contribution < -0.4 is 9.47 Å². The van der Waals surface area contributed by atoms with Gasteiger partial charge in [0, 0.05) is 24.8 Å². The second-order valence-electron chi connectivity index (χ2n) is 9.43. The normalized spacial score (nSPS) is 14.8. The summed E-state index contributed by atoms with van der Waals surface area (Å²) in [7, 11) is 1.62. The van der Waals surface area contributed by atoms with Gasteiger partial charge in [0.1, 0.15) is 17.1 Å². The molecule has 2 heterocycles. The summed E-state index contributed by atoms with van der Waals surface area (Å²) in [6.07, 6.45) is 3.21. The van der Waals surface area contributed by atoms with Crippen molar-refractivity contribution >= 4 is 5.91 Å². The first kappa shape index (κ1) is 26.5. The van der Waals surface area contributed by atoms with Crippen LogP contribution in [0.4, 0.5) is 0 Å². The number of aromatic nitrogens is 2. The summed E-state index contributed by atoms with van der Waals surface area (Å²) in [5, 5.41) is 18.3. The lowest BCUT2D eigenvalue weighted by Gasteiger charge is -2.27. The molecule has 8 heteroatoms. The Labute approximate surface area is 218 Å². The second-order valence-corrected chi connectivity index (χ2v) is 9.43. The van der Waals surface area contributed by atoms with Crippen molar-refractivity contribution in [1.82, 2.24) is 15.1 Å². The fraction of sp³-hybridized carbons (Fsp3) is 0.448. The van der Waals surface area contributed by atoms with Gasteiger partial charge in [-0.2, -0.15) is 5.10 Å². The number of amides is 1. The maximum absolute atomic E-state index is 13.5. The van der Waals surface area contributed by atoms with Crippen molar-refractivity contribution in [3.05, 3.63) is 58.3 Å². The van der Waals surface area contributed by atoms with E-state index in [1.54, 1.807) is 18.1 Å². The second kappa shape index (κ2) is 11.7. The highest BCUT2D eigenvalue weighted by atomic mass is 16.5. The number of aromatic amines is 1. The molecule has 3 aromatic rings. The van der Waals surface area contributed by atoms with Crippen molar-refractivity contribution < 1.29 is 24.1 Å². The smallest absolute Gasteiger partial charge is 0.273 e. The topological polar surface area (TPSA) is 96.9 Å². The molecule has 0 spiro atoms. The van der Waals surface area contributed by atoms with E-state index in [0.29, 0.717) is 54.8 Å². The molecule has 0 aliphatic carbocycles. The zero-order valence-corrected chi connectivity index (χ0v) is 22.4.